The Labute approximate surface area is 151 Å². The molecule has 0 spiro atoms. The number of carboxylic acid groups (broad SMARTS) is 1. The van der Waals surface area contributed by atoms with E-state index >= 15 is 0 Å². The highest BCUT2D eigenvalue weighted by molar-refractivity contribution is 5.66. The van der Waals surface area contributed by atoms with Crippen LogP contribution in [0, 0.1) is 11.8 Å². The summed E-state index contributed by atoms with van der Waals surface area (Å²) in [7, 11) is 0. The lowest BCUT2D eigenvalue weighted by Crippen LogP contribution is -2.03. The number of rotatable bonds is 13. The Hall–Kier alpha value is -1.65. The number of hydrogen-bond donors (Lipinski definition) is 3. The molecule has 0 amide bonds. The summed E-state index contributed by atoms with van der Waals surface area (Å²) in [5, 5.41) is 27.6. The molecule has 0 radical (unpaired) electrons. The molecule has 1 aliphatic rings. The highest BCUT2D eigenvalue weighted by atomic mass is 16.4. The predicted octanol–water partition coefficient (Wildman–Crippen LogP) is 4.01. The van der Waals surface area contributed by atoms with Crippen LogP contribution in [0.1, 0.15) is 51.9 Å². The molecule has 1 rings (SSSR count). The van der Waals surface area contributed by atoms with Gasteiger partial charge in [0.15, 0.2) is 0 Å². The van der Waals surface area contributed by atoms with Crippen LogP contribution in [0.15, 0.2) is 48.6 Å². The van der Waals surface area contributed by atoms with Gasteiger partial charge in [0.2, 0.25) is 0 Å². The summed E-state index contributed by atoms with van der Waals surface area (Å²) in [5.74, 6) is 0.690. The van der Waals surface area contributed by atoms with Crippen LogP contribution in [0.4, 0.5) is 0 Å². The number of aliphatic hydroxyl groups is 2. The van der Waals surface area contributed by atoms with Crippen molar-refractivity contribution in [1.29, 1.82) is 0 Å². The van der Waals surface area contributed by atoms with Crippen molar-refractivity contribution in [1.82, 2.24) is 0 Å². The van der Waals surface area contributed by atoms with Crippen molar-refractivity contribution >= 4 is 5.97 Å². The number of allylic oxidation sites excluding steroid dienone is 6. The van der Waals surface area contributed by atoms with Crippen LogP contribution in [-0.2, 0) is 4.79 Å². The molecule has 0 aromatic heterocycles. The third-order valence-corrected chi connectivity index (χ3v) is 4.42. The monoisotopic (exact) mass is 348 g/mol. The van der Waals surface area contributed by atoms with Crippen LogP contribution >= 0.6 is 0 Å². The van der Waals surface area contributed by atoms with Gasteiger partial charge in [0.25, 0.3) is 0 Å². The van der Waals surface area contributed by atoms with Gasteiger partial charge in [-0.1, -0.05) is 55.5 Å². The van der Waals surface area contributed by atoms with Crippen molar-refractivity contribution in [2.24, 2.45) is 11.8 Å². The normalized spacial score (nSPS) is 23.2. The molecule has 0 bridgehead atoms. The van der Waals surface area contributed by atoms with Gasteiger partial charge in [-0.15, -0.1) is 0 Å². The van der Waals surface area contributed by atoms with E-state index in [-0.39, 0.29) is 12.5 Å². The molecule has 0 aromatic carbocycles. The van der Waals surface area contributed by atoms with Crippen LogP contribution < -0.4 is 0 Å². The zero-order valence-electron chi connectivity index (χ0n) is 15.1. The fourth-order valence-corrected chi connectivity index (χ4v) is 2.63. The van der Waals surface area contributed by atoms with Gasteiger partial charge < -0.3 is 15.3 Å². The molecule has 4 heteroatoms. The zero-order chi connectivity index (χ0) is 18.5. The van der Waals surface area contributed by atoms with Crippen molar-refractivity contribution in [2.75, 3.05) is 0 Å². The van der Waals surface area contributed by atoms with E-state index in [1.165, 1.54) is 6.42 Å². The molecular formula is C21H32O4. The number of hydrogen-bond acceptors (Lipinski definition) is 3. The summed E-state index contributed by atoms with van der Waals surface area (Å²) in [6, 6.07) is 0. The fourth-order valence-electron chi connectivity index (χ4n) is 2.63. The van der Waals surface area contributed by atoms with Gasteiger partial charge >= 0.3 is 5.97 Å². The first-order valence-corrected chi connectivity index (χ1v) is 9.27. The smallest absolute Gasteiger partial charge is 0.303 e. The minimum Gasteiger partial charge on any atom is -0.481 e. The Balaban J connectivity index is 2.08. The van der Waals surface area contributed by atoms with Crippen LogP contribution in [0.3, 0.4) is 0 Å². The number of aliphatic carboxylic acids is 1. The average molecular weight is 348 g/mol. The minimum atomic E-state index is -0.820. The Bertz CT molecular complexity index is 490. The molecule has 1 aliphatic carbocycles. The first-order chi connectivity index (χ1) is 12.0. The molecule has 4 atom stereocenters. The van der Waals surface area contributed by atoms with Crippen molar-refractivity contribution in [3.63, 3.8) is 0 Å². The molecule has 0 heterocycles. The molecule has 4 nitrogen and oxygen atoms in total. The SMILES string of the molecule is CC[C@@H](O)/C=C/C=C\C[C@H]1C[C@H]1C/C=C\C=C\[C@@H](O)CCCC(=O)O. The van der Waals surface area contributed by atoms with E-state index in [9.17, 15) is 15.0 Å². The second-order valence-corrected chi connectivity index (χ2v) is 6.68. The van der Waals surface area contributed by atoms with E-state index < -0.39 is 12.1 Å². The average Bonchev–Trinajstić information content (AvgIpc) is 3.31. The summed E-state index contributed by atoms with van der Waals surface area (Å²) in [5.41, 5.74) is 0. The molecule has 0 saturated heterocycles. The maximum absolute atomic E-state index is 10.4. The van der Waals surface area contributed by atoms with Crippen molar-refractivity contribution in [3.05, 3.63) is 48.6 Å². The van der Waals surface area contributed by atoms with Crippen LogP contribution in [-0.4, -0.2) is 33.5 Å². The molecule has 140 valence electrons. The van der Waals surface area contributed by atoms with Gasteiger partial charge in [-0.3, -0.25) is 4.79 Å². The number of carboxylic acids is 1. The van der Waals surface area contributed by atoms with E-state index in [1.54, 1.807) is 6.08 Å². The third kappa shape index (κ3) is 11.5. The number of aliphatic hydroxyl groups excluding tert-OH is 2. The summed E-state index contributed by atoms with van der Waals surface area (Å²) in [6.45, 7) is 1.95. The zero-order valence-corrected chi connectivity index (χ0v) is 15.1. The predicted molar refractivity (Wildman–Crippen MR) is 101 cm³/mol. The summed E-state index contributed by atoms with van der Waals surface area (Å²) in [6.07, 6.45) is 19.9. The maximum Gasteiger partial charge on any atom is 0.303 e. The summed E-state index contributed by atoms with van der Waals surface area (Å²) in [4.78, 5) is 10.4. The topological polar surface area (TPSA) is 77.8 Å². The molecule has 0 unspecified atom stereocenters. The van der Waals surface area contributed by atoms with Crippen LogP contribution in [0.2, 0.25) is 0 Å². The number of carbonyl (C=O) groups is 1. The van der Waals surface area contributed by atoms with E-state index in [4.69, 9.17) is 5.11 Å². The van der Waals surface area contributed by atoms with E-state index in [0.717, 1.165) is 31.1 Å². The molecule has 0 aromatic rings. The lowest BCUT2D eigenvalue weighted by atomic mass is 10.1. The third-order valence-electron chi connectivity index (χ3n) is 4.42. The lowest BCUT2D eigenvalue weighted by Gasteiger charge is -2.02. The molecule has 1 saturated carbocycles. The fraction of sp³-hybridized carbons (Fsp3) is 0.571. The molecule has 25 heavy (non-hydrogen) atoms. The van der Waals surface area contributed by atoms with Gasteiger partial charge in [-0.2, -0.15) is 0 Å². The maximum atomic E-state index is 10.4. The quantitative estimate of drug-likeness (QED) is 0.439. The first-order valence-electron chi connectivity index (χ1n) is 9.27. The highest BCUT2D eigenvalue weighted by Gasteiger charge is 2.34. The van der Waals surface area contributed by atoms with Gasteiger partial charge in [-0.25, -0.2) is 0 Å². The van der Waals surface area contributed by atoms with Gasteiger partial charge in [0.05, 0.1) is 12.2 Å². The van der Waals surface area contributed by atoms with Crippen molar-refractivity contribution in [3.8, 4) is 0 Å². The van der Waals surface area contributed by atoms with E-state index in [0.29, 0.717) is 12.8 Å². The largest absolute Gasteiger partial charge is 0.481 e. The lowest BCUT2D eigenvalue weighted by molar-refractivity contribution is -0.137. The van der Waals surface area contributed by atoms with E-state index in [1.807, 2.05) is 37.3 Å². The Kier molecular flexibility index (Phi) is 10.8. The van der Waals surface area contributed by atoms with Gasteiger partial charge in [-0.05, 0) is 50.4 Å². The Morgan fingerprint density at radius 2 is 1.56 bits per heavy atom. The van der Waals surface area contributed by atoms with Gasteiger partial charge in [0.1, 0.15) is 0 Å². The first kappa shape index (κ1) is 21.4. The van der Waals surface area contributed by atoms with Crippen LogP contribution in [0.25, 0.3) is 0 Å². The standard InChI is InChI=1S/C21H32O4/c1-2-19(22)12-7-3-5-10-17-16-18(17)11-6-4-8-13-20(23)14-9-15-21(24)25/h3-8,12-13,17-20,22-23H,2,9-11,14-16H2,1H3,(H,24,25)/b5-3-,6-4-,12-7+,13-8+/t17-,18+,19+,20+/m0/s1. The Morgan fingerprint density at radius 3 is 2.08 bits per heavy atom. The molecular weight excluding hydrogens is 316 g/mol. The second kappa shape index (κ2) is 12.7. The second-order valence-electron chi connectivity index (χ2n) is 6.68. The van der Waals surface area contributed by atoms with E-state index in [2.05, 4.69) is 12.2 Å². The van der Waals surface area contributed by atoms with Crippen molar-refractivity contribution < 1.29 is 20.1 Å². The minimum absolute atomic E-state index is 0.104. The molecule has 1 fully saturated rings. The summed E-state index contributed by atoms with van der Waals surface area (Å²) >= 11 is 0. The summed E-state index contributed by atoms with van der Waals surface area (Å²) < 4.78 is 0. The molecule has 0 aliphatic heterocycles. The van der Waals surface area contributed by atoms with Crippen molar-refractivity contribution in [2.45, 2.75) is 64.1 Å². The highest BCUT2D eigenvalue weighted by Crippen LogP contribution is 2.44. The Morgan fingerprint density at radius 1 is 1.00 bits per heavy atom. The van der Waals surface area contributed by atoms with Crippen LogP contribution in [0.5, 0.6) is 0 Å². The van der Waals surface area contributed by atoms with Gasteiger partial charge in [0, 0.05) is 6.42 Å². The molecule has 3 N–H and O–H groups in total.